The summed E-state index contributed by atoms with van der Waals surface area (Å²) >= 11 is 2.03. The highest BCUT2D eigenvalue weighted by Crippen LogP contribution is 2.25. The van der Waals surface area contributed by atoms with Gasteiger partial charge in [-0.25, -0.2) is 8.42 Å². The number of hydrogen-bond donors (Lipinski definition) is 0. The molecular formula is C17H26N2O3S2. The second-order valence-electron chi connectivity index (χ2n) is 6.32. The van der Waals surface area contributed by atoms with Gasteiger partial charge in [0.15, 0.2) is 0 Å². The van der Waals surface area contributed by atoms with E-state index in [1.807, 2.05) is 11.8 Å². The molecule has 2 heterocycles. The number of thioether (sulfide) groups is 1. The normalized spacial score (nSPS) is 22.2. The quantitative estimate of drug-likeness (QED) is 0.814. The minimum absolute atomic E-state index is 0.323. The second-order valence-corrected chi connectivity index (χ2v) is 9.48. The van der Waals surface area contributed by atoms with Crippen molar-refractivity contribution in [2.75, 3.05) is 44.8 Å². The van der Waals surface area contributed by atoms with Gasteiger partial charge in [-0.3, -0.25) is 4.90 Å². The summed E-state index contributed by atoms with van der Waals surface area (Å²) < 4.78 is 32.7. The molecule has 0 amide bonds. The van der Waals surface area contributed by atoms with Gasteiger partial charge >= 0.3 is 0 Å². The monoisotopic (exact) mass is 370 g/mol. The number of methoxy groups -OCH3 is 1. The molecule has 2 aliphatic rings. The molecule has 0 aliphatic carbocycles. The molecule has 3 rings (SSSR count). The van der Waals surface area contributed by atoms with E-state index < -0.39 is 10.0 Å². The molecule has 2 fully saturated rings. The Kier molecular flexibility index (Phi) is 6.07. The molecule has 0 saturated carbocycles. The van der Waals surface area contributed by atoms with Crippen LogP contribution < -0.4 is 4.74 Å². The van der Waals surface area contributed by atoms with Crippen LogP contribution in [0.4, 0.5) is 0 Å². The Bertz CT molecular complexity index is 645. The molecule has 0 radical (unpaired) electrons. The van der Waals surface area contributed by atoms with E-state index in [-0.39, 0.29) is 0 Å². The summed E-state index contributed by atoms with van der Waals surface area (Å²) in [6.07, 6.45) is 3.35. The number of ether oxygens (including phenoxy) is 1. The van der Waals surface area contributed by atoms with Crippen molar-refractivity contribution in [3.05, 3.63) is 24.3 Å². The lowest BCUT2D eigenvalue weighted by molar-refractivity contribution is 0.195. The highest BCUT2D eigenvalue weighted by Gasteiger charge is 2.29. The maximum absolute atomic E-state index is 12.9. The smallest absolute Gasteiger partial charge is 0.243 e. The van der Waals surface area contributed by atoms with Gasteiger partial charge in [-0.1, -0.05) is 6.07 Å². The molecule has 0 bridgehead atoms. The largest absolute Gasteiger partial charge is 0.497 e. The van der Waals surface area contributed by atoms with E-state index >= 15 is 0 Å². The fourth-order valence-corrected chi connectivity index (χ4v) is 6.07. The van der Waals surface area contributed by atoms with Gasteiger partial charge in [0.25, 0.3) is 0 Å². The van der Waals surface area contributed by atoms with E-state index in [1.165, 1.54) is 24.3 Å². The standard InChI is InChI=1S/C17H26N2O3S2/c1-22-16-4-2-5-17(14-16)24(20,21)19-9-3-8-18(10-11-19)15-6-12-23-13-7-15/h2,4-5,14-15H,3,6-13H2,1H3. The van der Waals surface area contributed by atoms with E-state index in [0.29, 0.717) is 29.8 Å². The molecule has 2 aliphatic heterocycles. The van der Waals surface area contributed by atoms with Crippen LogP contribution in [0.25, 0.3) is 0 Å². The first kappa shape index (κ1) is 18.0. The molecule has 1 aromatic carbocycles. The first-order chi connectivity index (χ1) is 11.6. The Hall–Kier alpha value is -0.760. The summed E-state index contributed by atoms with van der Waals surface area (Å²) in [6, 6.07) is 7.39. The van der Waals surface area contributed by atoms with E-state index in [4.69, 9.17) is 4.74 Å². The zero-order valence-corrected chi connectivity index (χ0v) is 15.8. The van der Waals surface area contributed by atoms with Crippen LogP contribution in [0.2, 0.25) is 0 Å². The molecule has 134 valence electrons. The first-order valence-corrected chi connectivity index (χ1v) is 11.2. The van der Waals surface area contributed by atoms with Gasteiger partial charge in [0.05, 0.1) is 12.0 Å². The third-order valence-electron chi connectivity index (χ3n) is 4.88. The van der Waals surface area contributed by atoms with Crippen LogP contribution in [-0.2, 0) is 10.0 Å². The molecule has 24 heavy (non-hydrogen) atoms. The Morgan fingerprint density at radius 1 is 1.12 bits per heavy atom. The minimum Gasteiger partial charge on any atom is -0.497 e. The van der Waals surface area contributed by atoms with E-state index in [1.54, 1.807) is 35.7 Å². The average Bonchev–Trinajstić information content (AvgIpc) is 2.89. The van der Waals surface area contributed by atoms with Gasteiger partial charge in [-0.15, -0.1) is 0 Å². The summed E-state index contributed by atoms with van der Waals surface area (Å²) in [5.41, 5.74) is 0. The summed E-state index contributed by atoms with van der Waals surface area (Å²) in [7, 11) is -1.90. The number of nitrogens with zero attached hydrogens (tertiary/aromatic N) is 2. The minimum atomic E-state index is -3.45. The van der Waals surface area contributed by atoms with E-state index in [0.717, 1.165) is 19.5 Å². The van der Waals surface area contributed by atoms with Crippen molar-refractivity contribution in [3.8, 4) is 5.75 Å². The molecule has 2 saturated heterocycles. The van der Waals surface area contributed by atoms with Crippen molar-refractivity contribution in [2.45, 2.75) is 30.2 Å². The average molecular weight is 371 g/mol. The maximum atomic E-state index is 12.9. The van der Waals surface area contributed by atoms with Crippen LogP contribution in [0.5, 0.6) is 5.75 Å². The number of sulfonamides is 1. The van der Waals surface area contributed by atoms with Gasteiger partial charge in [0, 0.05) is 31.7 Å². The number of benzene rings is 1. The van der Waals surface area contributed by atoms with Crippen LogP contribution in [-0.4, -0.2) is 68.5 Å². The van der Waals surface area contributed by atoms with Gasteiger partial charge in [0.1, 0.15) is 5.75 Å². The maximum Gasteiger partial charge on any atom is 0.243 e. The first-order valence-electron chi connectivity index (χ1n) is 8.57. The van der Waals surface area contributed by atoms with Crippen LogP contribution in [0.3, 0.4) is 0 Å². The Morgan fingerprint density at radius 2 is 1.92 bits per heavy atom. The van der Waals surface area contributed by atoms with Crippen molar-refractivity contribution in [2.24, 2.45) is 0 Å². The van der Waals surface area contributed by atoms with Gasteiger partial charge in [-0.05, 0) is 49.4 Å². The zero-order valence-electron chi connectivity index (χ0n) is 14.2. The highest BCUT2D eigenvalue weighted by atomic mass is 32.2. The van der Waals surface area contributed by atoms with Crippen molar-refractivity contribution in [1.82, 2.24) is 9.21 Å². The fraction of sp³-hybridized carbons (Fsp3) is 0.647. The molecule has 0 N–H and O–H groups in total. The van der Waals surface area contributed by atoms with Crippen LogP contribution >= 0.6 is 11.8 Å². The predicted molar refractivity (Wildman–Crippen MR) is 98.3 cm³/mol. The SMILES string of the molecule is COc1cccc(S(=O)(=O)N2CCCN(C3CCSCC3)CC2)c1. The van der Waals surface area contributed by atoms with Gasteiger partial charge < -0.3 is 4.74 Å². The molecule has 1 aromatic rings. The fourth-order valence-electron chi connectivity index (χ4n) is 3.48. The Balaban J connectivity index is 1.70. The third-order valence-corrected chi connectivity index (χ3v) is 7.82. The molecule has 0 atom stereocenters. The van der Waals surface area contributed by atoms with Crippen molar-refractivity contribution >= 4 is 21.8 Å². The topological polar surface area (TPSA) is 49.9 Å². The summed E-state index contributed by atoms with van der Waals surface area (Å²) in [6.45, 7) is 3.00. The summed E-state index contributed by atoms with van der Waals surface area (Å²) in [5, 5.41) is 0. The van der Waals surface area contributed by atoms with Gasteiger partial charge in [0.2, 0.25) is 10.0 Å². The van der Waals surface area contributed by atoms with Crippen LogP contribution in [0.1, 0.15) is 19.3 Å². The summed E-state index contributed by atoms with van der Waals surface area (Å²) in [5.74, 6) is 3.03. The lowest BCUT2D eigenvalue weighted by Gasteiger charge is -2.33. The Morgan fingerprint density at radius 3 is 2.67 bits per heavy atom. The zero-order chi connectivity index (χ0) is 17.0. The van der Waals surface area contributed by atoms with Crippen molar-refractivity contribution in [1.29, 1.82) is 0 Å². The van der Waals surface area contributed by atoms with Crippen LogP contribution in [0, 0.1) is 0 Å². The second kappa shape index (κ2) is 8.08. The highest BCUT2D eigenvalue weighted by molar-refractivity contribution is 7.99. The number of rotatable bonds is 4. The van der Waals surface area contributed by atoms with Gasteiger partial charge in [-0.2, -0.15) is 16.1 Å². The van der Waals surface area contributed by atoms with E-state index in [2.05, 4.69) is 4.90 Å². The van der Waals surface area contributed by atoms with Crippen LogP contribution in [0.15, 0.2) is 29.2 Å². The van der Waals surface area contributed by atoms with E-state index in [9.17, 15) is 8.42 Å². The third kappa shape index (κ3) is 4.07. The van der Waals surface area contributed by atoms with Crippen molar-refractivity contribution in [3.63, 3.8) is 0 Å². The lowest BCUT2D eigenvalue weighted by atomic mass is 10.1. The lowest BCUT2D eigenvalue weighted by Crippen LogP contribution is -2.41. The predicted octanol–water partition coefficient (Wildman–Crippen LogP) is 2.29. The van der Waals surface area contributed by atoms with Crippen molar-refractivity contribution < 1.29 is 13.2 Å². The molecule has 7 heteroatoms. The number of hydrogen-bond acceptors (Lipinski definition) is 5. The molecule has 5 nitrogen and oxygen atoms in total. The molecule has 0 unspecified atom stereocenters. The Labute approximate surface area is 149 Å². The molecule has 0 aromatic heterocycles. The molecule has 0 spiro atoms. The summed E-state index contributed by atoms with van der Waals surface area (Å²) in [4.78, 5) is 2.82. The molecular weight excluding hydrogens is 344 g/mol.